The second-order valence-electron chi connectivity index (χ2n) is 6.23. The van der Waals surface area contributed by atoms with Gasteiger partial charge < -0.3 is 15.5 Å². The van der Waals surface area contributed by atoms with Gasteiger partial charge in [0.25, 0.3) is 0 Å². The van der Waals surface area contributed by atoms with Crippen molar-refractivity contribution in [2.45, 2.75) is 44.6 Å². The van der Waals surface area contributed by atoms with Crippen LogP contribution in [0.1, 0.15) is 39.0 Å². The first-order valence-corrected chi connectivity index (χ1v) is 7.56. The molecule has 0 bridgehead atoms. The summed E-state index contributed by atoms with van der Waals surface area (Å²) < 4.78 is 0. The van der Waals surface area contributed by atoms with Crippen LogP contribution in [0.4, 0.5) is 0 Å². The Labute approximate surface area is 118 Å². The fourth-order valence-electron chi connectivity index (χ4n) is 2.75. The van der Waals surface area contributed by atoms with E-state index in [9.17, 15) is 0 Å². The Morgan fingerprint density at radius 2 is 2.05 bits per heavy atom. The highest BCUT2D eigenvalue weighted by Gasteiger charge is 2.22. The van der Waals surface area contributed by atoms with Gasteiger partial charge in [0, 0.05) is 6.54 Å². The van der Waals surface area contributed by atoms with Gasteiger partial charge in [-0.1, -0.05) is 6.92 Å². The molecule has 0 aromatic rings. The van der Waals surface area contributed by atoms with Crippen LogP contribution < -0.4 is 5.73 Å². The van der Waals surface area contributed by atoms with Crippen LogP contribution >= 0.6 is 0 Å². The average molecular weight is 266 g/mol. The van der Waals surface area contributed by atoms with Crippen LogP contribution in [-0.4, -0.2) is 55.6 Å². The van der Waals surface area contributed by atoms with E-state index in [0.717, 1.165) is 31.7 Å². The summed E-state index contributed by atoms with van der Waals surface area (Å²) >= 11 is 0. The van der Waals surface area contributed by atoms with E-state index in [-0.39, 0.29) is 0 Å². The molecule has 0 aliphatic carbocycles. The van der Waals surface area contributed by atoms with Crippen molar-refractivity contribution in [3.63, 3.8) is 0 Å². The summed E-state index contributed by atoms with van der Waals surface area (Å²) in [6.07, 6.45) is 5.19. The summed E-state index contributed by atoms with van der Waals surface area (Å²) in [5.41, 5.74) is 5.38. The quantitative estimate of drug-likeness (QED) is 0.761. The predicted molar refractivity (Wildman–Crippen MR) is 79.8 cm³/mol. The third-order valence-corrected chi connectivity index (χ3v) is 4.42. The molecule has 1 rings (SSSR count). The molecule has 0 spiro atoms. The van der Waals surface area contributed by atoms with E-state index in [2.05, 4.69) is 30.0 Å². The van der Waals surface area contributed by atoms with Crippen molar-refractivity contribution >= 4 is 0 Å². The highest BCUT2D eigenvalue weighted by atomic mass is 15.1. The molecule has 0 aromatic carbocycles. The molecular formula is C15H30N4. The first-order valence-electron chi connectivity index (χ1n) is 7.56. The van der Waals surface area contributed by atoms with Crippen molar-refractivity contribution < 1.29 is 0 Å². The van der Waals surface area contributed by atoms with Crippen LogP contribution in [-0.2, 0) is 0 Å². The Bertz CT molecular complexity index is 291. The van der Waals surface area contributed by atoms with Gasteiger partial charge in [-0.15, -0.1) is 0 Å². The number of nitrogens with two attached hydrogens (primary N) is 1. The van der Waals surface area contributed by atoms with E-state index >= 15 is 0 Å². The van der Waals surface area contributed by atoms with Crippen molar-refractivity contribution in [3.8, 4) is 6.07 Å². The zero-order valence-corrected chi connectivity index (χ0v) is 12.9. The Morgan fingerprint density at radius 3 is 2.58 bits per heavy atom. The summed E-state index contributed by atoms with van der Waals surface area (Å²) in [4.78, 5) is 4.82. The largest absolute Gasteiger partial charge is 0.313 e. The smallest absolute Gasteiger partial charge is 0.104 e. The lowest BCUT2D eigenvalue weighted by molar-refractivity contribution is 0.174. The van der Waals surface area contributed by atoms with Gasteiger partial charge >= 0.3 is 0 Å². The lowest BCUT2D eigenvalue weighted by Crippen LogP contribution is -2.39. The van der Waals surface area contributed by atoms with E-state index in [1.54, 1.807) is 0 Å². The van der Waals surface area contributed by atoms with Gasteiger partial charge in [-0.25, -0.2) is 0 Å². The van der Waals surface area contributed by atoms with E-state index in [1.807, 2.05) is 6.92 Å². The maximum absolute atomic E-state index is 9.04. The van der Waals surface area contributed by atoms with E-state index in [1.165, 1.54) is 32.5 Å². The van der Waals surface area contributed by atoms with Gasteiger partial charge in [0.15, 0.2) is 0 Å². The minimum atomic E-state index is -0.617. The third kappa shape index (κ3) is 5.90. The van der Waals surface area contributed by atoms with Crippen LogP contribution in [0.3, 0.4) is 0 Å². The summed E-state index contributed by atoms with van der Waals surface area (Å²) in [6.45, 7) is 6.69. The molecule has 2 N–H and O–H groups in total. The third-order valence-electron chi connectivity index (χ3n) is 4.42. The number of hydrogen-bond donors (Lipinski definition) is 1. The van der Waals surface area contributed by atoms with Gasteiger partial charge in [0.05, 0.1) is 6.07 Å². The zero-order valence-electron chi connectivity index (χ0n) is 12.9. The summed E-state index contributed by atoms with van der Waals surface area (Å²) in [7, 11) is 4.39. The maximum Gasteiger partial charge on any atom is 0.104 e. The van der Waals surface area contributed by atoms with Crippen LogP contribution in [0.5, 0.6) is 0 Å². The zero-order chi connectivity index (χ0) is 14.3. The van der Waals surface area contributed by atoms with Crippen LogP contribution in [0.25, 0.3) is 0 Å². The average Bonchev–Trinajstić information content (AvgIpc) is 2.41. The van der Waals surface area contributed by atoms with Crippen molar-refractivity contribution in [1.29, 1.82) is 5.26 Å². The molecule has 0 saturated carbocycles. The highest BCUT2D eigenvalue weighted by Crippen LogP contribution is 2.18. The van der Waals surface area contributed by atoms with E-state index in [0.29, 0.717) is 0 Å². The van der Waals surface area contributed by atoms with Gasteiger partial charge in [-0.2, -0.15) is 5.26 Å². The Kier molecular flexibility index (Phi) is 6.78. The second kappa shape index (κ2) is 7.84. The molecule has 1 atom stereocenters. The Morgan fingerprint density at radius 1 is 1.42 bits per heavy atom. The molecule has 110 valence electrons. The topological polar surface area (TPSA) is 56.3 Å². The normalized spacial score (nSPS) is 21.3. The predicted octanol–water partition coefficient (Wildman–Crippen LogP) is 1.67. The lowest BCUT2D eigenvalue weighted by atomic mass is 9.93. The Hall–Kier alpha value is -0.630. The summed E-state index contributed by atoms with van der Waals surface area (Å²) in [5, 5.41) is 9.04. The minimum Gasteiger partial charge on any atom is -0.313 e. The molecule has 4 nitrogen and oxygen atoms in total. The van der Waals surface area contributed by atoms with Gasteiger partial charge in [0.2, 0.25) is 0 Å². The van der Waals surface area contributed by atoms with Crippen molar-refractivity contribution in [2.24, 2.45) is 11.7 Å². The molecule has 19 heavy (non-hydrogen) atoms. The molecule has 0 radical (unpaired) electrons. The number of likely N-dealkylation sites (tertiary alicyclic amines) is 1. The maximum atomic E-state index is 9.04. The van der Waals surface area contributed by atoms with Crippen molar-refractivity contribution in [1.82, 2.24) is 9.80 Å². The summed E-state index contributed by atoms with van der Waals surface area (Å²) in [6, 6.07) is 2.24. The molecular weight excluding hydrogens is 236 g/mol. The molecule has 0 amide bonds. The van der Waals surface area contributed by atoms with Gasteiger partial charge in [0.1, 0.15) is 5.54 Å². The van der Waals surface area contributed by atoms with Gasteiger partial charge in [-0.3, -0.25) is 0 Å². The SMILES string of the molecule is CCC(N)(C#N)CCCN(C)CC1CCN(C)CC1. The van der Waals surface area contributed by atoms with E-state index in [4.69, 9.17) is 11.0 Å². The second-order valence-corrected chi connectivity index (χ2v) is 6.23. The fourth-order valence-corrected chi connectivity index (χ4v) is 2.75. The van der Waals surface area contributed by atoms with Crippen LogP contribution in [0, 0.1) is 17.2 Å². The number of nitriles is 1. The molecule has 0 aromatic heterocycles. The molecule has 4 heteroatoms. The number of nitrogens with zero attached hydrogens (tertiary/aromatic N) is 3. The molecule has 1 heterocycles. The highest BCUT2D eigenvalue weighted by molar-refractivity contribution is 5.03. The molecule has 1 unspecified atom stereocenters. The minimum absolute atomic E-state index is 0.617. The van der Waals surface area contributed by atoms with Gasteiger partial charge in [-0.05, 0) is 71.8 Å². The lowest BCUT2D eigenvalue weighted by Gasteiger charge is -2.32. The number of rotatable bonds is 7. The van der Waals surface area contributed by atoms with Crippen LogP contribution in [0.15, 0.2) is 0 Å². The molecule has 1 fully saturated rings. The van der Waals surface area contributed by atoms with Crippen molar-refractivity contribution in [2.75, 3.05) is 40.3 Å². The molecule has 1 saturated heterocycles. The monoisotopic (exact) mass is 266 g/mol. The van der Waals surface area contributed by atoms with E-state index < -0.39 is 5.54 Å². The molecule has 1 aliphatic heterocycles. The number of piperidine rings is 1. The standard InChI is InChI=1S/C15H30N4/c1-4-15(17,13-16)8-5-9-19(3)12-14-6-10-18(2)11-7-14/h14H,4-12,17H2,1-3H3. The summed E-state index contributed by atoms with van der Waals surface area (Å²) in [5.74, 6) is 0.839. The first kappa shape index (κ1) is 16.4. The molecule has 1 aliphatic rings. The number of hydrogen-bond acceptors (Lipinski definition) is 4. The van der Waals surface area contributed by atoms with Crippen LogP contribution in [0.2, 0.25) is 0 Å². The Balaban J connectivity index is 2.18. The first-order chi connectivity index (χ1) is 8.99. The van der Waals surface area contributed by atoms with Crippen molar-refractivity contribution in [3.05, 3.63) is 0 Å². The fraction of sp³-hybridized carbons (Fsp3) is 0.933.